The van der Waals surface area contributed by atoms with E-state index < -0.39 is 5.82 Å². The summed E-state index contributed by atoms with van der Waals surface area (Å²) in [6, 6.07) is 4.12. The van der Waals surface area contributed by atoms with E-state index in [1.807, 2.05) is 0 Å². The van der Waals surface area contributed by atoms with Crippen molar-refractivity contribution >= 4 is 41.0 Å². The van der Waals surface area contributed by atoms with Gasteiger partial charge in [-0.3, -0.25) is 14.4 Å². The van der Waals surface area contributed by atoms with Crippen LogP contribution in [0.1, 0.15) is 90.7 Å². The van der Waals surface area contributed by atoms with Gasteiger partial charge in [0, 0.05) is 35.6 Å². The van der Waals surface area contributed by atoms with E-state index in [9.17, 15) is 23.6 Å². The molecule has 2 heterocycles. The molecule has 9 nitrogen and oxygen atoms in total. The SMILES string of the molecule is Cc1[nH]c(C=C2C(=O)Nc3ccc(F)cc32)c(C)c1C(=O)NCCCCCC(=O)NOC(=O)C1CCCCC1. The van der Waals surface area contributed by atoms with Crippen molar-refractivity contribution in [3.05, 3.63) is 52.1 Å². The monoisotopic (exact) mass is 538 g/mol. The van der Waals surface area contributed by atoms with Crippen molar-refractivity contribution in [2.24, 2.45) is 5.92 Å². The predicted octanol–water partition coefficient (Wildman–Crippen LogP) is 4.71. The smallest absolute Gasteiger partial charge is 0.335 e. The zero-order valence-corrected chi connectivity index (χ0v) is 22.4. The second-order valence-electron chi connectivity index (χ2n) is 10.2. The van der Waals surface area contributed by atoms with E-state index in [0.29, 0.717) is 58.7 Å². The summed E-state index contributed by atoms with van der Waals surface area (Å²) in [5.41, 5.74) is 6.06. The van der Waals surface area contributed by atoms with Crippen molar-refractivity contribution < 1.29 is 28.4 Å². The van der Waals surface area contributed by atoms with E-state index in [2.05, 4.69) is 21.1 Å². The Kier molecular flexibility index (Phi) is 9.16. The maximum Gasteiger partial charge on any atom is 0.335 e. The molecule has 39 heavy (non-hydrogen) atoms. The summed E-state index contributed by atoms with van der Waals surface area (Å²) < 4.78 is 13.8. The van der Waals surface area contributed by atoms with Crippen LogP contribution in [0.25, 0.3) is 11.6 Å². The molecule has 1 aromatic carbocycles. The minimum atomic E-state index is -0.436. The number of hydrogen-bond acceptors (Lipinski definition) is 5. The van der Waals surface area contributed by atoms with Gasteiger partial charge in [-0.1, -0.05) is 25.7 Å². The summed E-state index contributed by atoms with van der Waals surface area (Å²) >= 11 is 0. The molecule has 2 aromatic rings. The van der Waals surface area contributed by atoms with Crippen LogP contribution in [-0.4, -0.2) is 35.2 Å². The number of aromatic nitrogens is 1. The van der Waals surface area contributed by atoms with Gasteiger partial charge in [0.15, 0.2) is 0 Å². The third kappa shape index (κ3) is 6.93. The number of aryl methyl sites for hydroxylation is 1. The Morgan fingerprint density at radius 1 is 1.10 bits per heavy atom. The number of halogens is 1. The Morgan fingerprint density at radius 3 is 2.64 bits per heavy atom. The molecule has 1 saturated carbocycles. The van der Waals surface area contributed by atoms with Gasteiger partial charge < -0.3 is 20.5 Å². The molecule has 0 unspecified atom stereocenters. The normalized spacial score (nSPS) is 16.1. The van der Waals surface area contributed by atoms with Gasteiger partial charge in [0.2, 0.25) is 0 Å². The lowest BCUT2D eigenvalue weighted by molar-refractivity contribution is -0.163. The highest BCUT2D eigenvalue weighted by atomic mass is 19.1. The van der Waals surface area contributed by atoms with Gasteiger partial charge in [-0.15, -0.1) is 0 Å². The number of anilines is 1. The average Bonchev–Trinajstić information content (AvgIpc) is 3.38. The molecule has 4 N–H and O–H groups in total. The Morgan fingerprint density at radius 2 is 1.87 bits per heavy atom. The number of aromatic amines is 1. The number of hydroxylamine groups is 1. The lowest BCUT2D eigenvalue weighted by atomic mass is 9.89. The van der Waals surface area contributed by atoms with Gasteiger partial charge in [0.1, 0.15) is 5.82 Å². The Bertz CT molecular complexity index is 1290. The third-order valence-corrected chi connectivity index (χ3v) is 7.33. The van der Waals surface area contributed by atoms with Crippen molar-refractivity contribution in [2.75, 3.05) is 11.9 Å². The molecular weight excluding hydrogens is 503 g/mol. The Labute approximate surface area is 226 Å². The van der Waals surface area contributed by atoms with Crippen LogP contribution in [-0.2, 0) is 19.2 Å². The molecule has 0 atom stereocenters. The molecule has 3 amide bonds. The highest BCUT2D eigenvalue weighted by Gasteiger charge is 2.26. The zero-order valence-electron chi connectivity index (χ0n) is 22.4. The fourth-order valence-electron chi connectivity index (χ4n) is 5.16. The number of fused-ring (bicyclic) bond motifs is 1. The number of nitrogens with one attached hydrogen (secondary N) is 4. The number of amides is 3. The lowest BCUT2D eigenvalue weighted by Gasteiger charge is -2.19. The van der Waals surface area contributed by atoms with Gasteiger partial charge >= 0.3 is 5.97 Å². The maximum absolute atomic E-state index is 13.8. The molecule has 1 aliphatic carbocycles. The van der Waals surface area contributed by atoms with Gasteiger partial charge in [-0.05, 0) is 69.4 Å². The first-order valence-corrected chi connectivity index (χ1v) is 13.5. The molecule has 1 fully saturated rings. The molecule has 1 aromatic heterocycles. The predicted molar refractivity (Wildman–Crippen MR) is 145 cm³/mol. The molecule has 1 aliphatic heterocycles. The number of carbonyl (C=O) groups is 4. The molecular formula is C29H35FN4O5. The van der Waals surface area contributed by atoms with E-state index in [4.69, 9.17) is 4.84 Å². The maximum atomic E-state index is 13.8. The number of unbranched alkanes of at least 4 members (excludes halogenated alkanes) is 2. The molecule has 0 saturated heterocycles. The van der Waals surface area contributed by atoms with E-state index in [1.165, 1.54) is 18.2 Å². The number of carbonyl (C=O) groups excluding carboxylic acids is 4. The van der Waals surface area contributed by atoms with Crippen LogP contribution in [0.5, 0.6) is 0 Å². The first kappa shape index (κ1) is 28.1. The Balaban J connectivity index is 1.21. The number of benzene rings is 1. The third-order valence-electron chi connectivity index (χ3n) is 7.33. The number of hydrogen-bond donors (Lipinski definition) is 4. The van der Waals surface area contributed by atoms with Crippen LogP contribution in [0.15, 0.2) is 18.2 Å². The van der Waals surface area contributed by atoms with Crippen molar-refractivity contribution in [3.63, 3.8) is 0 Å². The van der Waals surface area contributed by atoms with E-state index in [0.717, 1.165) is 38.5 Å². The van der Waals surface area contributed by atoms with Crippen molar-refractivity contribution in [1.82, 2.24) is 15.8 Å². The summed E-state index contributed by atoms with van der Waals surface area (Å²) in [6.07, 6.45) is 8.68. The van der Waals surface area contributed by atoms with Crippen molar-refractivity contribution in [2.45, 2.75) is 71.6 Å². The number of H-pyrrole nitrogens is 1. The van der Waals surface area contributed by atoms with Crippen molar-refractivity contribution in [1.29, 1.82) is 0 Å². The largest absolute Gasteiger partial charge is 0.358 e. The molecule has 4 rings (SSSR count). The van der Waals surface area contributed by atoms with Crippen molar-refractivity contribution in [3.8, 4) is 0 Å². The molecule has 208 valence electrons. The van der Waals surface area contributed by atoms with Gasteiger partial charge in [0.25, 0.3) is 17.7 Å². The first-order chi connectivity index (χ1) is 18.7. The number of rotatable bonds is 9. The van der Waals surface area contributed by atoms with E-state index in [-0.39, 0.29) is 36.0 Å². The minimum Gasteiger partial charge on any atom is -0.358 e. The Hall–Kier alpha value is -3.95. The molecule has 0 bridgehead atoms. The van der Waals surface area contributed by atoms with Crippen LogP contribution in [0.3, 0.4) is 0 Å². The van der Waals surface area contributed by atoms with Crippen LogP contribution in [0.2, 0.25) is 0 Å². The topological polar surface area (TPSA) is 129 Å². The standard InChI is InChI=1S/C29H35FN4O5/c1-17-24(16-22-21-15-20(30)12-13-23(21)33-27(22)36)32-18(2)26(17)28(37)31-14-8-4-7-11-25(35)34-39-29(38)19-9-5-3-6-10-19/h12-13,15-16,19,32H,3-11,14H2,1-2H3,(H,31,37)(H,33,36)(H,34,35). The molecule has 10 heteroatoms. The summed E-state index contributed by atoms with van der Waals surface area (Å²) in [7, 11) is 0. The fourth-order valence-corrected chi connectivity index (χ4v) is 5.16. The van der Waals surface area contributed by atoms with E-state index >= 15 is 0 Å². The summed E-state index contributed by atoms with van der Waals surface area (Å²) in [4.78, 5) is 57.4. The second kappa shape index (κ2) is 12.7. The summed E-state index contributed by atoms with van der Waals surface area (Å²) in [5, 5.41) is 5.63. The van der Waals surface area contributed by atoms with Crippen LogP contribution >= 0.6 is 0 Å². The fraction of sp³-hybridized carbons (Fsp3) is 0.448. The quantitative estimate of drug-likeness (QED) is 0.209. The van der Waals surface area contributed by atoms with Gasteiger partial charge in [0.05, 0.1) is 17.1 Å². The van der Waals surface area contributed by atoms with Gasteiger partial charge in [-0.25, -0.2) is 9.18 Å². The molecule has 0 spiro atoms. The molecule has 0 radical (unpaired) electrons. The van der Waals surface area contributed by atoms with E-state index in [1.54, 1.807) is 19.9 Å². The zero-order chi connectivity index (χ0) is 27.9. The highest BCUT2D eigenvalue weighted by Crippen LogP contribution is 2.34. The van der Waals surface area contributed by atoms with Crippen LogP contribution in [0.4, 0.5) is 10.1 Å². The summed E-state index contributed by atoms with van der Waals surface area (Å²) in [6.45, 7) is 4.02. The lowest BCUT2D eigenvalue weighted by Crippen LogP contribution is -2.31. The van der Waals surface area contributed by atoms with Crippen LogP contribution < -0.4 is 16.1 Å². The highest BCUT2D eigenvalue weighted by molar-refractivity contribution is 6.34. The van der Waals surface area contributed by atoms with Gasteiger partial charge in [-0.2, -0.15) is 5.48 Å². The first-order valence-electron chi connectivity index (χ1n) is 13.5. The second-order valence-corrected chi connectivity index (χ2v) is 10.2. The van der Waals surface area contributed by atoms with Crippen LogP contribution in [0, 0.1) is 25.6 Å². The average molecular weight is 539 g/mol. The molecule has 2 aliphatic rings. The summed E-state index contributed by atoms with van der Waals surface area (Å²) in [5.74, 6) is -1.80. The minimum absolute atomic E-state index is 0.119.